The summed E-state index contributed by atoms with van der Waals surface area (Å²) in [6.07, 6.45) is 2.30. The molecule has 1 aromatic rings. The highest BCUT2D eigenvalue weighted by atomic mass is 35.5. The Morgan fingerprint density at radius 3 is 2.73 bits per heavy atom. The Morgan fingerprint density at radius 2 is 1.96 bits per heavy atom. The van der Waals surface area contributed by atoms with Gasteiger partial charge in [-0.3, -0.25) is 14.4 Å². The number of carbonyl (C=O) groups excluding carboxylic acids is 3. The maximum absolute atomic E-state index is 12.6. The van der Waals surface area contributed by atoms with E-state index in [1.807, 2.05) is 24.1 Å². The Kier molecular flexibility index (Phi) is 6.99. The molecule has 0 radical (unpaired) electrons. The van der Waals surface area contributed by atoms with Crippen LogP contribution in [0.2, 0.25) is 0 Å². The van der Waals surface area contributed by atoms with Gasteiger partial charge in [0.2, 0.25) is 17.7 Å². The third kappa shape index (κ3) is 4.34. The van der Waals surface area contributed by atoms with Crippen molar-refractivity contribution >= 4 is 41.5 Å². The van der Waals surface area contributed by atoms with Crippen LogP contribution in [0.25, 0.3) is 0 Å². The number of carbonyl (C=O) groups is 3. The van der Waals surface area contributed by atoms with Gasteiger partial charge >= 0.3 is 0 Å². The first-order valence-corrected chi connectivity index (χ1v) is 8.73. The number of nitrogens with zero attached hydrogens (tertiary/aromatic N) is 2. The van der Waals surface area contributed by atoms with E-state index in [2.05, 4.69) is 10.6 Å². The fourth-order valence-electron chi connectivity index (χ4n) is 3.56. The second-order valence-corrected chi connectivity index (χ2v) is 6.49. The van der Waals surface area contributed by atoms with Crippen molar-refractivity contribution in [3.8, 4) is 0 Å². The minimum Gasteiger partial charge on any atom is -0.338 e. The molecule has 3 amide bonds. The zero-order chi connectivity index (χ0) is 17.8. The van der Waals surface area contributed by atoms with Crippen molar-refractivity contribution in [1.82, 2.24) is 10.2 Å². The van der Waals surface area contributed by atoms with E-state index in [-0.39, 0.29) is 55.6 Å². The summed E-state index contributed by atoms with van der Waals surface area (Å²) in [4.78, 5) is 40.2. The maximum atomic E-state index is 12.6. The van der Waals surface area contributed by atoms with Crippen LogP contribution in [0.5, 0.6) is 0 Å². The Labute approximate surface area is 159 Å². The fraction of sp³-hybridized carbons (Fsp3) is 0.500. The molecule has 2 N–H and O–H groups in total. The van der Waals surface area contributed by atoms with Crippen molar-refractivity contribution in [2.24, 2.45) is 0 Å². The highest BCUT2D eigenvalue weighted by Crippen LogP contribution is 2.29. The topological polar surface area (TPSA) is 81.8 Å². The number of para-hydroxylation sites is 2. The van der Waals surface area contributed by atoms with E-state index in [1.165, 1.54) is 4.90 Å². The van der Waals surface area contributed by atoms with Crippen LogP contribution in [-0.2, 0) is 14.4 Å². The molecule has 1 unspecified atom stereocenters. The average molecular weight is 381 g/mol. The van der Waals surface area contributed by atoms with E-state index in [0.717, 1.165) is 25.9 Å². The molecular weight excluding hydrogens is 356 g/mol. The van der Waals surface area contributed by atoms with E-state index in [4.69, 9.17) is 0 Å². The van der Waals surface area contributed by atoms with E-state index in [1.54, 1.807) is 12.1 Å². The van der Waals surface area contributed by atoms with Crippen LogP contribution in [-0.4, -0.2) is 55.3 Å². The van der Waals surface area contributed by atoms with Crippen molar-refractivity contribution in [2.75, 3.05) is 36.9 Å². The maximum Gasteiger partial charge on any atom is 0.244 e. The molecule has 8 heteroatoms. The zero-order valence-electron chi connectivity index (χ0n) is 14.9. The fourth-order valence-corrected chi connectivity index (χ4v) is 3.56. The van der Waals surface area contributed by atoms with Crippen LogP contribution in [0.3, 0.4) is 0 Å². The van der Waals surface area contributed by atoms with Crippen molar-refractivity contribution in [1.29, 1.82) is 0 Å². The first kappa shape index (κ1) is 20.2. The highest BCUT2D eigenvalue weighted by Gasteiger charge is 2.30. The van der Waals surface area contributed by atoms with E-state index in [9.17, 15) is 14.4 Å². The molecule has 3 rings (SSSR count). The van der Waals surface area contributed by atoms with Gasteiger partial charge in [0.1, 0.15) is 6.54 Å². The SMILES string of the molecule is CNCC1CCCN1C(=O)CCC(=O)N1CC(=O)Nc2ccccc21.Cl. The molecule has 1 fully saturated rings. The van der Waals surface area contributed by atoms with Gasteiger partial charge in [-0.15, -0.1) is 12.4 Å². The third-order valence-electron chi connectivity index (χ3n) is 4.76. The lowest BCUT2D eigenvalue weighted by Crippen LogP contribution is -2.43. The van der Waals surface area contributed by atoms with Gasteiger partial charge in [0.25, 0.3) is 0 Å². The van der Waals surface area contributed by atoms with E-state index >= 15 is 0 Å². The monoisotopic (exact) mass is 380 g/mol. The largest absolute Gasteiger partial charge is 0.338 e. The minimum atomic E-state index is -0.216. The lowest BCUT2D eigenvalue weighted by Gasteiger charge is -2.29. The number of likely N-dealkylation sites (tertiary alicyclic amines) is 1. The summed E-state index contributed by atoms with van der Waals surface area (Å²) in [6, 6.07) is 7.43. The number of nitrogens with one attached hydrogen (secondary N) is 2. The molecule has 0 saturated carbocycles. The van der Waals surface area contributed by atoms with E-state index < -0.39 is 0 Å². The summed E-state index contributed by atoms with van der Waals surface area (Å²) in [5.41, 5.74) is 1.32. The molecule has 142 valence electrons. The van der Waals surface area contributed by atoms with Crippen molar-refractivity contribution < 1.29 is 14.4 Å². The Morgan fingerprint density at radius 1 is 1.23 bits per heavy atom. The smallest absolute Gasteiger partial charge is 0.244 e. The van der Waals surface area contributed by atoms with Gasteiger partial charge in [-0.25, -0.2) is 0 Å². The number of likely N-dealkylation sites (N-methyl/N-ethyl adjacent to an activating group) is 1. The summed E-state index contributed by atoms with van der Waals surface area (Å²) < 4.78 is 0. The summed E-state index contributed by atoms with van der Waals surface area (Å²) >= 11 is 0. The standard InChI is InChI=1S/C18H24N4O3.ClH/c1-19-11-13-5-4-10-21(13)17(24)8-9-18(25)22-12-16(23)20-14-6-2-3-7-15(14)22;/h2-3,6-7,13,19H,4-5,8-12H2,1H3,(H,20,23);1H. The third-order valence-corrected chi connectivity index (χ3v) is 4.76. The van der Waals surface area contributed by atoms with Crippen molar-refractivity contribution in [3.05, 3.63) is 24.3 Å². The minimum absolute atomic E-state index is 0. The number of rotatable bonds is 5. The molecular formula is C18H25ClN4O3. The summed E-state index contributed by atoms with van der Waals surface area (Å²) in [7, 11) is 1.88. The molecule has 0 aliphatic carbocycles. The van der Waals surface area contributed by atoms with Crippen LogP contribution in [0.15, 0.2) is 24.3 Å². The van der Waals surface area contributed by atoms with Gasteiger partial charge in [-0.05, 0) is 32.0 Å². The Bertz CT molecular complexity index is 682. The molecule has 1 aromatic carbocycles. The van der Waals surface area contributed by atoms with Crippen LogP contribution in [0.1, 0.15) is 25.7 Å². The number of fused-ring (bicyclic) bond motifs is 1. The lowest BCUT2D eigenvalue weighted by atomic mass is 10.1. The molecule has 2 aliphatic rings. The summed E-state index contributed by atoms with van der Waals surface area (Å²) in [6.45, 7) is 1.53. The van der Waals surface area contributed by atoms with Gasteiger partial charge in [-0.2, -0.15) is 0 Å². The molecule has 7 nitrogen and oxygen atoms in total. The second kappa shape index (κ2) is 9.00. The zero-order valence-corrected chi connectivity index (χ0v) is 15.7. The number of hydrogen-bond acceptors (Lipinski definition) is 4. The second-order valence-electron chi connectivity index (χ2n) is 6.49. The molecule has 26 heavy (non-hydrogen) atoms. The molecule has 2 heterocycles. The van der Waals surface area contributed by atoms with Crippen LogP contribution in [0, 0.1) is 0 Å². The van der Waals surface area contributed by atoms with Gasteiger partial charge in [0.15, 0.2) is 0 Å². The van der Waals surface area contributed by atoms with Gasteiger partial charge in [0, 0.05) is 32.0 Å². The summed E-state index contributed by atoms with van der Waals surface area (Å²) in [5.74, 6) is -0.395. The first-order chi connectivity index (χ1) is 12.1. The molecule has 1 atom stereocenters. The van der Waals surface area contributed by atoms with Gasteiger partial charge in [-0.1, -0.05) is 12.1 Å². The van der Waals surface area contributed by atoms with Gasteiger partial charge in [0.05, 0.1) is 11.4 Å². The lowest BCUT2D eigenvalue weighted by molar-refractivity contribution is -0.133. The molecule has 0 bridgehead atoms. The summed E-state index contributed by atoms with van der Waals surface area (Å²) in [5, 5.41) is 5.87. The van der Waals surface area contributed by atoms with Crippen LogP contribution < -0.4 is 15.5 Å². The predicted octanol–water partition coefficient (Wildman–Crippen LogP) is 1.38. The van der Waals surface area contributed by atoms with Crippen LogP contribution in [0.4, 0.5) is 11.4 Å². The highest BCUT2D eigenvalue weighted by molar-refractivity contribution is 6.10. The average Bonchev–Trinajstić information content (AvgIpc) is 3.07. The normalized spacial score (nSPS) is 18.8. The molecule has 2 aliphatic heterocycles. The van der Waals surface area contributed by atoms with Gasteiger partial charge < -0.3 is 20.4 Å². The molecule has 0 spiro atoms. The van der Waals surface area contributed by atoms with Crippen molar-refractivity contribution in [2.45, 2.75) is 31.7 Å². The Hall–Kier alpha value is -2.12. The first-order valence-electron chi connectivity index (χ1n) is 8.73. The number of halogens is 1. The van der Waals surface area contributed by atoms with E-state index in [0.29, 0.717) is 11.4 Å². The quantitative estimate of drug-likeness (QED) is 0.808. The van der Waals surface area contributed by atoms with Crippen molar-refractivity contribution in [3.63, 3.8) is 0 Å². The molecule has 0 aromatic heterocycles. The number of anilines is 2. The number of benzene rings is 1. The molecule has 1 saturated heterocycles. The Balaban J connectivity index is 0.00000243. The number of hydrogen-bond donors (Lipinski definition) is 2. The number of amides is 3. The van der Waals surface area contributed by atoms with Crippen LogP contribution >= 0.6 is 12.4 Å². The predicted molar refractivity (Wildman–Crippen MR) is 103 cm³/mol.